The molecule has 0 fully saturated rings. The zero-order chi connectivity index (χ0) is 23.4. The Balaban J connectivity index is 1.77. The fraction of sp³-hybridized carbons (Fsp3) is 0.308. The van der Waals surface area contributed by atoms with Crippen molar-refractivity contribution in [3.8, 4) is 17.1 Å². The van der Waals surface area contributed by atoms with Crippen molar-refractivity contribution in [2.24, 2.45) is 0 Å². The molecule has 0 aliphatic heterocycles. The molecule has 4 aromatic rings. The lowest BCUT2D eigenvalue weighted by atomic mass is 10.0. The molecule has 0 saturated carbocycles. The van der Waals surface area contributed by atoms with Gasteiger partial charge in [0, 0.05) is 31.7 Å². The first-order valence-corrected chi connectivity index (χ1v) is 11.8. The van der Waals surface area contributed by atoms with Crippen LogP contribution in [0, 0.1) is 0 Å². The van der Waals surface area contributed by atoms with E-state index in [1.54, 1.807) is 20.4 Å². The molecule has 2 aromatic heterocycles. The highest BCUT2D eigenvalue weighted by Crippen LogP contribution is 2.39. The van der Waals surface area contributed by atoms with Gasteiger partial charge in [0.2, 0.25) is 0 Å². The van der Waals surface area contributed by atoms with Gasteiger partial charge in [-0.25, -0.2) is 4.98 Å². The number of aromatic nitrogens is 3. The Bertz CT molecular complexity index is 1210. The minimum atomic E-state index is -0.0210. The van der Waals surface area contributed by atoms with Crippen molar-refractivity contribution in [1.82, 2.24) is 15.0 Å². The lowest BCUT2D eigenvalue weighted by Gasteiger charge is -2.22. The fourth-order valence-electron chi connectivity index (χ4n) is 3.89. The topological polar surface area (TPSA) is 72.1 Å². The summed E-state index contributed by atoms with van der Waals surface area (Å²) in [5, 5.41) is 3.58. The third-order valence-corrected chi connectivity index (χ3v) is 6.59. The van der Waals surface area contributed by atoms with Gasteiger partial charge < -0.3 is 19.8 Å². The van der Waals surface area contributed by atoms with E-state index in [1.807, 2.05) is 18.3 Å². The maximum Gasteiger partial charge on any atom is 0.145 e. The number of hydrogen-bond acceptors (Lipinski definition) is 5. The molecule has 7 heteroatoms. The van der Waals surface area contributed by atoms with E-state index in [-0.39, 0.29) is 6.04 Å². The van der Waals surface area contributed by atoms with Gasteiger partial charge in [0.1, 0.15) is 22.6 Å². The molecule has 2 heterocycles. The van der Waals surface area contributed by atoms with Crippen LogP contribution in [0.25, 0.3) is 22.4 Å². The van der Waals surface area contributed by atoms with Crippen molar-refractivity contribution < 1.29 is 9.47 Å². The summed E-state index contributed by atoms with van der Waals surface area (Å²) in [7, 11) is 3.40. The van der Waals surface area contributed by atoms with Crippen molar-refractivity contribution in [2.75, 3.05) is 26.1 Å². The number of ether oxygens (including phenoxy) is 2. The van der Waals surface area contributed by atoms with Gasteiger partial charge in [-0.2, -0.15) is 0 Å². The van der Waals surface area contributed by atoms with Gasteiger partial charge >= 0.3 is 0 Å². The number of nitrogens with one attached hydrogen (secondary N) is 2. The quantitative estimate of drug-likeness (QED) is 0.263. The van der Waals surface area contributed by atoms with Gasteiger partial charge in [-0.3, -0.25) is 4.98 Å². The molecule has 4 rings (SSSR count). The Kier molecular flexibility index (Phi) is 7.30. The predicted octanol–water partition coefficient (Wildman–Crippen LogP) is 6.71. The number of benzene rings is 2. The van der Waals surface area contributed by atoms with Gasteiger partial charge in [0.15, 0.2) is 0 Å². The van der Waals surface area contributed by atoms with Crippen LogP contribution in [-0.2, 0) is 4.74 Å². The summed E-state index contributed by atoms with van der Waals surface area (Å²) in [4.78, 5) is 12.6. The van der Waals surface area contributed by atoms with Crippen molar-refractivity contribution in [1.29, 1.82) is 0 Å². The van der Waals surface area contributed by atoms with Crippen molar-refractivity contribution in [3.05, 3.63) is 70.5 Å². The number of methoxy groups -OCH3 is 2. The van der Waals surface area contributed by atoms with Gasteiger partial charge in [-0.1, -0.05) is 38.1 Å². The number of fused-ring (bicyclic) bond motifs is 1. The average Bonchev–Trinajstić information content (AvgIpc) is 3.29. The van der Waals surface area contributed by atoms with E-state index in [0.29, 0.717) is 12.5 Å². The normalized spacial score (nSPS) is 12.3. The fourth-order valence-corrected chi connectivity index (χ4v) is 4.57. The van der Waals surface area contributed by atoms with Crippen molar-refractivity contribution in [3.63, 3.8) is 0 Å². The highest BCUT2D eigenvalue weighted by molar-refractivity contribution is 9.10. The number of pyridine rings is 1. The van der Waals surface area contributed by atoms with E-state index in [9.17, 15) is 0 Å². The smallest absolute Gasteiger partial charge is 0.145 e. The van der Waals surface area contributed by atoms with Crippen LogP contribution in [-0.4, -0.2) is 35.8 Å². The van der Waals surface area contributed by atoms with Crippen LogP contribution >= 0.6 is 15.9 Å². The van der Waals surface area contributed by atoms with E-state index >= 15 is 0 Å². The highest BCUT2D eigenvalue weighted by atomic mass is 79.9. The number of halogens is 1. The van der Waals surface area contributed by atoms with Gasteiger partial charge in [-0.15, -0.1) is 0 Å². The molecule has 33 heavy (non-hydrogen) atoms. The predicted molar refractivity (Wildman–Crippen MR) is 137 cm³/mol. The van der Waals surface area contributed by atoms with Crippen molar-refractivity contribution >= 4 is 32.7 Å². The maximum atomic E-state index is 5.76. The lowest BCUT2D eigenvalue weighted by Crippen LogP contribution is -2.14. The molecule has 0 spiro atoms. The minimum Gasteiger partial charge on any atom is -0.494 e. The number of nitrogens with zero attached hydrogens (tertiary/aromatic N) is 2. The molecule has 1 atom stereocenters. The summed E-state index contributed by atoms with van der Waals surface area (Å²) in [6.45, 7) is 5.00. The van der Waals surface area contributed by atoms with Crippen LogP contribution in [0.5, 0.6) is 5.75 Å². The second-order valence-electron chi connectivity index (χ2n) is 8.29. The van der Waals surface area contributed by atoms with Crippen LogP contribution < -0.4 is 10.1 Å². The van der Waals surface area contributed by atoms with Crippen molar-refractivity contribution in [2.45, 2.75) is 32.2 Å². The van der Waals surface area contributed by atoms with E-state index in [4.69, 9.17) is 14.5 Å². The molecule has 0 radical (unpaired) electrons. The van der Waals surface area contributed by atoms with Crippen LogP contribution in [0.2, 0.25) is 0 Å². The summed E-state index contributed by atoms with van der Waals surface area (Å²) in [6.07, 6.45) is 4.35. The van der Waals surface area contributed by atoms with E-state index < -0.39 is 0 Å². The van der Waals surface area contributed by atoms with Crippen LogP contribution in [0.1, 0.15) is 43.4 Å². The third-order valence-electron chi connectivity index (χ3n) is 5.76. The molecular formula is C26H29BrN4O2. The number of aromatic amines is 1. The molecule has 0 amide bonds. The number of imidazole rings is 1. The van der Waals surface area contributed by atoms with Gasteiger partial charge in [-0.05, 0) is 57.6 Å². The Labute approximate surface area is 202 Å². The summed E-state index contributed by atoms with van der Waals surface area (Å²) in [5.74, 6) is 2.05. The Hall–Kier alpha value is -2.90. The van der Waals surface area contributed by atoms with Crippen LogP contribution in [0.15, 0.2) is 59.3 Å². The van der Waals surface area contributed by atoms with Crippen LogP contribution in [0.4, 0.5) is 5.69 Å². The summed E-state index contributed by atoms with van der Waals surface area (Å²) in [5.41, 5.74) is 6.03. The molecular weight excluding hydrogens is 480 g/mol. The first-order valence-electron chi connectivity index (χ1n) is 11.0. The number of hydrogen-bond donors (Lipinski definition) is 2. The zero-order valence-corrected chi connectivity index (χ0v) is 20.9. The Morgan fingerprint density at radius 2 is 1.91 bits per heavy atom. The Morgan fingerprint density at radius 1 is 1.12 bits per heavy atom. The van der Waals surface area contributed by atoms with Crippen LogP contribution in [0.3, 0.4) is 0 Å². The third kappa shape index (κ3) is 5.04. The van der Waals surface area contributed by atoms with Gasteiger partial charge in [0.05, 0.1) is 23.3 Å². The molecule has 172 valence electrons. The largest absolute Gasteiger partial charge is 0.494 e. The molecule has 2 N–H and O–H groups in total. The maximum absolute atomic E-state index is 5.76. The first kappa shape index (κ1) is 23.3. The molecule has 0 aliphatic rings. The second-order valence-corrected chi connectivity index (χ2v) is 9.08. The summed E-state index contributed by atoms with van der Waals surface area (Å²) >= 11 is 3.83. The summed E-state index contributed by atoms with van der Waals surface area (Å²) < 4.78 is 12.1. The van der Waals surface area contributed by atoms with E-state index in [2.05, 4.69) is 75.4 Å². The second kappa shape index (κ2) is 10.4. The summed E-state index contributed by atoms with van der Waals surface area (Å²) in [6, 6.07) is 14.5. The number of H-pyrrole nitrogens is 1. The lowest BCUT2D eigenvalue weighted by molar-refractivity contribution is 0.190. The van der Waals surface area contributed by atoms with E-state index in [1.165, 1.54) is 5.56 Å². The molecule has 0 saturated heterocycles. The molecule has 6 nitrogen and oxygen atoms in total. The number of rotatable bonds is 9. The minimum absolute atomic E-state index is 0.0210. The Morgan fingerprint density at radius 3 is 2.55 bits per heavy atom. The number of anilines is 1. The molecule has 1 unspecified atom stereocenters. The molecule has 0 aliphatic carbocycles. The monoisotopic (exact) mass is 508 g/mol. The molecule has 0 bridgehead atoms. The zero-order valence-electron chi connectivity index (χ0n) is 19.4. The van der Waals surface area contributed by atoms with E-state index in [0.717, 1.165) is 50.3 Å². The SMILES string of the molecule is COCCC(Nc1cccnc1)c1cc(OC)c2[nH]c(-c3ccc(C(C)C)cc3)nc2c1Br. The highest BCUT2D eigenvalue weighted by Gasteiger charge is 2.22. The van der Waals surface area contributed by atoms with Gasteiger partial charge in [0.25, 0.3) is 0 Å². The first-order chi connectivity index (χ1) is 16.0. The molecule has 2 aromatic carbocycles. The average molecular weight is 509 g/mol. The standard InChI is InChI=1S/C26H29BrN4O2/c1-16(2)17-7-9-18(10-8-17)26-30-24-22(33-4)14-20(23(27)25(24)31-26)21(11-13-32-3)29-19-6-5-12-28-15-19/h5-10,12,14-16,21,29H,11,13H2,1-4H3,(H,30,31).